The first-order valence-corrected chi connectivity index (χ1v) is 6.98. The van der Waals surface area contributed by atoms with Crippen molar-refractivity contribution in [1.82, 2.24) is 9.88 Å². The van der Waals surface area contributed by atoms with Gasteiger partial charge < -0.3 is 19.4 Å². The predicted octanol–water partition coefficient (Wildman–Crippen LogP) is 0.949. The van der Waals surface area contributed by atoms with Gasteiger partial charge in [-0.1, -0.05) is 0 Å². The summed E-state index contributed by atoms with van der Waals surface area (Å²) in [6.07, 6.45) is 1.33. The van der Waals surface area contributed by atoms with E-state index in [0.717, 1.165) is 0 Å². The number of aryl methyl sites for hydroxylation is 1. The third kappa shape index (κ3) is 3.71. The predicted molar refractivity (Wildman–Crippen MR) is 78.5 cm³/mol. The number of hydrogen-bond donors (Lipinski definition) is 1. The van der Waals surface area contributed by atoms with Crippen LogP contribution >= 0.6 is 0 Å². The van der Waals surface area contributed by atoms with E-state index >= 15 is 0 Å². The Morgan fingerprint density at radius 2 is 2.29 bits per heavy atom. The molecule has 0 saturated carbocycles. The van der Waals surface area contributed by atoms with E-state index in [4.69, 9.17) is 9.47 Å². The second-order valence-corrected chi connectivity index (χ2v) is 6.03. The molecule has 6 nitrogen and oxygen atoms in total. The first kappa shape index (κ1) is 15.7. The van der Waals surface area contributed by atoms with E-state index < -0.39 is 5.60 Å². The van der Waals surface area contributed by atoms with E-state index in [1.807, 2.05) is 13.8 Å². The van der Waals surface area contributed by atoms with Gasteiger partial charge in [0.25, 0.3) is 5.91 Å². The summed E-state index contributed by atoms with van der Waals surface area (Å²) in [6.45, 7) is 7.10. The van der Waals surface area contributed by atoms with Crippen LogP contribution in [-0.4, -0.2) is 54.3 Å². The fourth-order valence-electron chi connectivity index (χ4n) is 2.70. The lowest BCUT2D eigenvalue weighted by Crippen LogP contribution is -2.55. The number of H-pyrrole nitrogens is 1. The summed E-state index contributed by atoms with van der Waals surface area (Å²) in [5.41, 5.74) is 0.566. The monoisotopic (exact) mass is 294 g/mol. The molecule has 0 bridgehead atoms. The van der Waals surface area contributed by atoms with Gasteiger partial charge in [-0.3, -0.25) is 9.59 Å². The molecule has 0 spiro atoms. The molecule has 0 radical (unpaired) electrons. The Kier molecular flexibility index (Phi) is 4.49. The summed E-state index contributed by atoms with van der Waals surface area (Å²) in [6, 6.07) is 1.44. The van der Waals surface area contributed by atoms with Crippen LogP contribution in [0.2, 0.25) is 0 Å². The van der Waals surface area contributed by atoms with Crippen LogP contribution in [0.15, 0.2) is 17.1 Å². The van der Waals surface area contributed by atoms with Gasteiger partial charge in [-0.2, -0.15) is 0 Å². The molecule has 1 aromatic heterocycles. The molecular formula is C15H22N2O4. The van der Waals surface area contributed by atoms with Crippen LogP contribution in [0.3, 0.4) is 0 Å². The number of amides is 1. The van der Waals surface area contributed by atoms with Gasteiger partial charge in [0.1, 0.15) is 0 Å². The van der Waals surface area contributed by atoms with Crippen molar-refractivity contribution in [3.05, 3.63) is 33.7 Å². The molecule has 2 heterocycles. The molecule has 1 unspecified atom stereocenters. The maximum absolute atomic E-state index is 12.7. The number of nitrogens with one attached hydrogen (secondary N) is 1. The highest BCUT2D eigenvalue weighted by molar-refractivity contribution is 5.95. The number of methoxy groups -OCH3 is 1. The molecule has 1 N–H and O–H groups in total. The minimum atomic E-state index is -0.423. The zero-order valence-corrected chi connectivity index (χ0v) is 12.9. The smallest absolute Gasteiger partial charge is 0.255 e. The topological polar surface area (TPSA) is 71.6 Å². The zero-order chi connectivity index (χ0) is 15.6. The van der Waals surface area contributed by atoms with Gasteiger partial charge in [-0.05, 0) is 26.3 Å². The van der Waals surface area contributed by atoms with Gasteiger partial charge in [-0.15, -0.1) is 0 Å². The maximum Gasteiger partial charge on any atom is 0.255 e. The molecule has 2 rings (SSSR count). The van der Waals surface area contributed by atoms with Gasteiger partial charge in [-0.25, -0.2) is 0 Å². The molecule has 1 aliphatic heterocycles. The Morgan fingerprint density at radius 3 is 2.90 bits per heavy atom. The van der Waals surface area contributed by atoms with Crippen LogP contribution in [0.25, 0.3) is 0 Å². The summed E-state index contributed by atoms with van der Waals surface area (Å²) in [5, 5.41) is 0. The minimum Gasteiger partial charge on any atom is -0.382 e. The number of hydrogen-bond acceptors (Lipinski definition) is 4. The number of morpholine rings is 1. The van der Waals surface area contributed by atoms with Gasteiger partial charge in [0.15, 0.2) is 0 Å². The van der Waals surface area contributed by atoms with Crippen molar-refractivity contribution < 1.29 is 14.3 Å². The maximum atomic E-state index is 12.7. The van der Waals surface area contributed by atoms with Gasteiger partial charge in [0.2, 0.25) is 5.56 Å². The summed E-state index contributed by atoms with van der Waals surface area (Å²) >= 11 is 0. The SMILES string of the molecule is COCC1CN(C(=O)c2c[nH]c(=O)cc2C)CC(C)(C)O1. The van der Waals surface area contributed by atoms with Crippen LogP contribution in [0.5, 0.6) is 0 Å². The van der Waals surface area contributed by atoms with Gasteiger partial charge in [0.05, 0.1) is 23.9 Å². The molecule has 1 aliphatic rings. The van der Waals surface area contributed by atoms with Crippen LogP contribution < -0.4 is 5.56 Å². The number of nitrogens with zero attached hydrogens (tertiary/aromatic N) is 1. The summed E-state index contributed by atoms with van der Waals surface area (Å²) in [5.74, 6) is -0.0961. The average Bonchev–Trinajstić information content (AvgIpc) is 2.36. The number of rotatable bonds is 3. The summed E-state index contributed by atoms with van der Waals surface area (Å²) in [4.78, 5) is 28.3. The lowest BCUT2D eigenvalue weighted by molar-refractivity contribution is -0.143. The Hall–Kier alpha value is -1.66. The first-order chi connectivity index (χ1) is 9.82. The van der Waals surface area contributed by atoms with Crippen LogP contribution in [0.4, 0.5) is 0 Å². The quantitative estimate of drug-likeness (QED) is 0.901. The molecule has 0 aromatic carbocycles. The summed E-state index contributed by atoms with van der Waals surface area (Å²) < 4.78 is 11.0. The lowest BCUT2D eigenvalue weighted by Gasteiger charge is -2.42. The number of aromatic amines is 1. The molecule has 1 aromatic rings. The van der Waals surface area contributed by atoms with Gasteiger partial charge in [0, 0.05) is 32.5 Å². The largest absolute Gasteiger partial charge is 0.382 e. The number of ether oxygens (including phenoxy) is 2. The normalized spacial score (nSPS) is 21.3. The molecule has 1 fully saturated rings. The third-order valence-corrected chi connectivity index (χ3v) is 3.48. The second-order valence-electron chi connectivity index (χ2n) is 6.03. The number of aromatic nitrogens is 1. The van der Waals surface area contributed by atoms with E-state index in [9.17, 15) is 9.59 Å². The molecular weight excluding hydrogens is 272 g/mol. The van der Waals surface area contributed by atoms with Crippen molar-refractivity contribution in [3.63, 3.8) is 0 Å². The Balaban J connectivity index is 2.22. The highest BCUT2D eigenvalue weighted by Gasteiger charge is 2.36. The van der Waals surface area contributed by atoms with E-state index in [0.29, 0.717) is 30.8 Å². The van der Waals surface area contributed by atoms with E-state index in [1.54, 1.807) is 18.9 Å². The molecule has 21 heavy (non-hydrogen) atoms. The number of pyridine rings is 1. The minimum absolute atomic E-state index is 0.0961. The van der Waals surface area contributed by atoms with Crippen molar-refractivity contribution in [2.75, 3.05) is 26.8 Å². The second kappa shape index (κ2) is 5.99. The molecule has 1 saturated heterocycles. The highest BCUT2D eigenvalue weighted by Crippen LogP contribution is 2.23. The van der Waals surface area contributed by atoms with Crippen molar-refractivity contribution in [2.24, 2.45) is 0 Å². The number of carbonyl (C=O) groups is 1. The average molecular weight is 294 g/mol. The standard InChI is InChI=1S/C15H22N2O4/c1-10-5-13(18)16-6-12(10)14(19)17-7-11(8-20-4)21-15(2,3)9-17/h5-6,11H,7-9H2,1-4H3,(H,16,18). The van der Waals surface area contributed by atoms with Crippen LogP contribution in [-0.2, 0) is 9.47 Å². The van der Waals surface area contributed by atoms with E-state index in [-0.39, 0.29) is 17.6 Å². The Morgan fingerprint density at radius 1 is 1.57 bits per heavy atom. The molecule has 116 valence electrons. The Labute approximate surface area is 124 Å². The van der Waals surface area contributed by atoms with Crippen molar-refractivity contribution in [3.8, 4) is 0 Å². The van der Waals surface area contributed by atoms with E-state index in [2.05, 4.69) is 4.98 Å². The first-order valence-electron chi connectivity index (χ1n) is 6.98. The summed E-state index contributed by atoms with van der Waals surface area (Å²) in [7, 11) is 1.61. The van der Waals surface area contributed by atoms with Crippen LogP contribution in [0.1, 0.15) is 29.8 Å². The van der Waals surface area contributed by atoms with Crippen LogP contribution in [0, 0.1) is 6.92 Å². The zero-order valence-electron chi connectivity index (χ0n) is 12.9. The Bertz CT molecular complexity index is 579. The molecule has 1 atom stereocenters. The van der Waals surface area contributed by atoms with Crippen molar-refractivity contribution in [1.29, 1.82) is 0 Å². The fourth-order valence-corrected chi connectivity index (χ4v) is 2.70. The highest BCUT2D eigenvalue weighted by atomic mass is 16.5. The fraction of sp³-hybridized carbons (Fsp3) is 0.600. The van der Waals surface area contributed by atoms with Crippen molar-refractivity contribution in [2.45, 2.75) is 32.5 Å². The van der Waals surface area contributed by atoms with Crippen molar-refractivity contribution >= 4 is 5.91 Å². The van der Waals surface area contributed by atoms with E-state index in [1.165, 1.54) is 12.3 Å². The van der Waals surface area contributed by atoms with Gasteiger partial charge >= 0.3 is 0 Å². The molecule has 1 amide bonds. The molecule has 6 heteroatoms. The number of carbonyl (C=O) groups excluding carboxylic acids is 1. The third-order valence-electron chi connectivity index (χ3n) is 3.48. The lowest BCUT2D eigenvalue weighted by atomic mass is 10.0. The molecule has 0 aliphatic carbocycles.